The summed E-state index contributed by atoms with van der Waals surface area (Å²) in [7, 11) is 0. The summed E-state index contributed by atoms with van der Waals surface area (Å²) in [6, 6.07) is 7.57. The van der Waals surface area contributed by atoms with Crippen molar-refractivity contribution in [2.24, 2.45) is 0 Å². The van der Waals surface area contributed by atoms with Gasteiger partial charge in [0.15, 0.2) is 0 Å². The molecular weight excluding hydrogens is 424 g/mol. The van der Waals surface area contributed by atoms with Gasteiger partial charge in [-0.3, -0.25) is 29.4 Å². The van der Waals surface area contributed by atoms with E-state index in [0.29, 0.717) is 30.8 Å². The van der Waals surface area contributed by atoms with Gasteiger partial charge >= 0.3 is 5.97 Å². The molecule has 1 aromatic heterocycles. The van der Waals surface area contributed by atoms with Crippen LogP contribution in [0.5, 0.6) is 0 Å². The smallest absolute Gasteiger partial charge is 0.305 e. The van der Waals surface area contributed by atoms with Gasteiger partial charge in [0.2, 0.25) is 0 Å². The fourth-order valence-corrected chi connectivity index (χ4v) is 3.74. The number of nitrogens with zero attached hydrogens (tertiary/aromatic N) is 4. The number of hydrogen-bond acceptors (Lipinski definition) is 8. The number of thioether (sulfide) groups is 1. The Labute approximate surface area is 182 Å². The summed E-state index contributed by atoms with van der Waals surface area (Å²) < 4.78 is 6.37. The van der Waals surface area contributed by atoms with E-state index < -0.39 is 10.8 Å². The zero-order chi connectivity index (χ0) is 22.4. The Bertz CT molecular complexity index is 1030. The molecule has 2 amide bonds. The van der Waals surface area contributed by atoms with Crippen molar-refractivity contribution < 1.29 is 24.0 Å². The molecule has 2 heterocycles. The Hall–Kier alpha value is -3.47. The Morgan fingerprint density at radius 3 is 2.65 bits per heavy atom. The van der Waals surface area contributed by atoms with Crippen LogP contribution in [0.4, 0.5) is 10.5 Å². The van der Waals surface area contributed by atoms with Crippen molar-refractivity contribution >= 4 is 40.6 Å². The molecule has 0 unspecified atom stereocenters. The number of ether oxygens (including phenoxy) is 1. The summed E-state index contributed by atoms with van der Waals surface area (Å²) in [5.41, 5.74) is 1.08. The van der Waals surface area contributed by atoms with Crippen LogP contribution in [-0.4, -0.2) is 49.9 Å². The number of amides is 2. The van der Waals surface area contributed by atoms with Gasteiger partial charge in [-0.25, -0.2) is 4.68 Å². The topological polar surface area (TPSA) is 125 Å². The van der Waals surface area contributed by atoms with Crippen molar-refractivity contribution in [3.63, 3.8) is 0 Å². The molecule has 11 heteroatoms. The van der Waals surface area contributed by atoms with Gasteiger partial charge in [0.25, 0.3) is 16.8 Å². The number of nitro benzene ring substituents is 1. The summed E-state index contributed by atoms with van der Waals surface area (Å²) >= 11 is 0.842. The number of benzene rings is 1. The van der Waals surface area contributed by atoms with Crippen LogP contribution in [0.25, 0.3) is 11.8 Å². The van der Waals surface area contributed by atoms with E-state index in [1.807, 2.05) is 0 Å². The third-order valence-electron chi connectivity index (χ3n) is 4.41. The van der Waals surface area contributed by atoms with Crippen LogP contribution in [0.3, 0.4) is 0 Å². The number of carbonyl (C=O) groups is 3. The maximum atomic E-state index is 12.6. The van der Waals surface area contributed by atoms with Crippen LogP contribution in [0.2, 0.25) is 0 Å². The van der Waals surface area contributed by atoms with Crippen LogP contribution in [0.1, 0.15) is 31.9 Å². The molecule has 0 bridgehead atoms. The first-order chi connectivity index (χ1) is 14.9. The second-order valence-electron chi connectivity index (χ2n) is 6.55. The Balaban J connectivity index is 1.61. The highest BCUT2D eigenvalue weighted by atomic mass is 32.2. The average molecular weight is 444 g/mol. The molecule has 10 nitrogen and oxygen atoms in total. The first-order valence-corrected chi connectivity index (χ1v) is 10.4. The molecule has 0 aliphatic carbocycles. The summed E-state index contributed by atoms with van der Waals surface area (Å²) in [5.74, 6) is -0.684. The highest BCUT2D eigenvalue weighted by Crippen LogP contribution is 2.32. The molecule has 0 spiro atoms. The molecular formula is C20H20N4O6S. The van der Waals surface area contributed by atoms with E-state index in [9.17, 15) is 24.5 Å². The number of non-ortho nitro benzene ring substituents is 1. The average Bonchev–Trinajstić information content (AvgIpc) is 3.31. The van der Waals surface area contributed by atoms with Crippen molar-refractivity contribution in [2.45, 2.75) is 26.2 Å². The minimum absolute atomic E-state index is 0.0212. The van der Waals surface area contributed by atoms with E-state index in [-0.39, 0.29) is 34.8 Å². The molecule has 162 valence electrons. The molecule has 0 N–H and O–H groups in total. The van der Waals surface area contributed by atoms with Gasteiger partial charge in [0.1, 0.15) is 0 Å². The van der Waals surface area contributed by atoms with E-state index in [1.54, 1.807) is 31.3 Å². The SMILES string of the molecule is CCOC(=O)CCCCN1C(=O)S/C(=C\c2ccn(-c3ccc([N+](=O)[O-])cc3)n2)C1=O. The van der Waals surface area contributed by atoms with Crippen LogP contribution < -0.4 is 0 Å². The lowest BCUT2D eigenvalue weighted by Crippen LogP contribution is -2.29. The summed E-state index contributed by atoms with van der Waals surface area (Å²) in [6.45, 7) is 2.30. The van der Waals surface area contributed by atoms with Crippen molar-refractivity contribution in [3.05, 3.63) is 57.2 Å². The van der Waals surface area contributed by atoms with Gasteiger partial charge in [0.05, 0.1) is 27.8 Å². The lowest BCUT2D eigenvalue weighted by molar-refractivity contribution is -0.384. The highest BCUT2D eigenvalue weighted by molar-refractivity contribution is 8.18. The standard InChI is InChI=1S/C20H20N4O6S/c1-2-30-18(25)5-3-4-11-22-19(26)17(31-20(22)27)13-14-10-12-23(21-14)15-6-8-16(9-7-15)24(28)29/h6-10,12-13H,2-5,11H2,1H3/b17-13-. The predicted octanol–water partition coefficient (Wildman–Crippen LogP) is 3.55. The Morgan fingerprint density at radius 1 is 1.23 bits per heavy atom. The minimum atomic E-state index is -0.481. The molecule has 1 aliphatic rings. The monoisotopic (exact) mass is 444 g/mol. The number of rotatable bonds is 9. The summed E-state index contributed by atoms with van der Waals surface area (Å²) in [6.07, 6.45) is 4.48. The molecule has 0 atom stereocenters. The largest absolute Gasteiger partial charge is 0.466 e. The van der Waals surface area contributed by atoms with Crippen molar-refractivity contribution in [3.8, 4) is 5.69 Å². The second-order valence-corrected chi connectivity index (χ2v) is 7.55. The first kappa shape index (κ1) is 22.2. The van der Waals surface area contributed by atoms with E-state index in [4.69, 9.17) is 4.74 Å². The zero-order valence-corrected chi connectivity index (χ0v) is 17.5. The maximum absolute atomic E-state index is 12.6. The van der Waals surface area contributed by atoms with E-state index in [0.717, 1.165) is 16.7 Å². The van der Waals surface area contributed by atoms with Gasteiger partial charge in [0, 0.05) is 31.3 Å². The number of imide groups is 1. The molecule has 31 heavy (non-hydrogen) atoms. The fraction of sp³-hybridized carbons (Fsp3) is 0.300. The number of unbranched alkanes of at least 4 members (excludes halogenated alkanes) is 1. The number of carbonyl (C=O) groups excluding carboxylic acids is 3. The molecule has 1 aliphatic heterocycles. The Morgan fingerprint density at radius 2 is 1.97 bits per heavy atom. The van der Waals surface area contributed by atoms with E-state index in [1.165, 1.54) is 22.9 Å². The molecule has 2 aromatic rings. The van der Waals surface area contributed by atoms with Crippen molar-refractivity contribution in [2.75, 3.05) is 13.2 Å². The number of hydrogen-bond donors (Lipinski definition) is 0. The number of aromatic nitrogens is 2. The maximum Gasteiger partial charge on any atom is 0.305 e. The van der Waals surface area contributed by atoms with Gasteiger partial charge in [-0.05, 0) is 55.8 Å². The quantitative estimate of drug-likeness (QED) is 0.189. The van der Waals surface area contributed by atoms with E-state index in [2.05, 4.69) is 5.10 Å². The molecule has 3 rings (SSSR count). The third kappa shape index (κ3) is 5.57. The van der Waals surface area contributed by atoms with Crippen LogP contribution >= 0.6 is 11.8 Å². The number of esters is 1. The first-order valence-electron chi connectivity index (χ1n) is 9.60. The van der Waals surface area contributed by atoms with Gasteiger partial charge in [-0.2, -0.15) is 5.10 Å². The molecule has 0 saturated carbocycles. The lowest BCUT2D eigenvalue weighted by Gasteiger charge is -2.11. The summed E-state index contributed by atoms with van der Waals surface area (Å²) in [5, 5.41) is 14.7. The highest BCUT2D eigenvalue weighted by Gasteiger charge is 2.34. The van der Waals surface area contributed by atoms with Crippen LogP contribution in [0, 0.1) is 10.1 Å². The molecule has 1 fully saturated rings. The Kier molecular flexibility index (Phi) is 7.19. The van der Waals surface area contributed by atoms with Gasteiger partial charge in [-0.15, -0.1) is 0 Å². The summed E-state index contributed by atoms with van der Waals surface area (Å²) in [4.78, 5) is 47.8. The fourth-order valence-electron chi connectivity index (χ4n) is 2.89. The van der Waals surface area contributed by atoms with Crippen molar-refractivity contribution in [1.82, 2.24) is 14.7 Å². The zero-order valence-electron chi connectivity index (χ0n) is 16.7. The number of nitro groups is 1. The van der Waals surface area contributed by atoms with E-state index >= 15 is 0 Å². The van der Waals surface area contributed by atoms with Crippen LogP contribution in [0.15, 0.2) is 41.4 Å². The normalized spacial score (nSPS) is 15.0. The van der Waals surface area contributed by atoms with Gasteiger partial charge < -0.3 is 4.74 Å². The predicted molar refractivity (Wildman–Crippen MR) is 113 cm³/mol. The third-order valence-corrected chi connectivity index (χ3v) is 5.31. The molecule has 1 saturated heterocycles. The lowest BCUT2D eigenvalue weighted by atomic mass is 10.2. The van der Waals surface area contributed by atoms with Gasteiger partial charge in [-0.1, -0.05) is 0 Å². The minimum Gasteiger partial charge on any atom is -0.466 e. The van der Waals surface area contributed by atoms with Crippen LogP contribution in [-0.2, 0) is 14.3 Å². The molecule has 0 radical (unpaired) electrons. The van der Waals surface area contributed by atoms with Crippen molar-refractivity contribution in [1.29, 1.82) is 0 Å². The molecule has 1 aromatic carbocycles. The second kappa shape index (κ2) is 10.0.